The maximum Gasteiger partial charge on any atom is 0.333 e. The number of hydrogen-bond acceptors (Lipinski definition) is 7. The molecule has 0 spiro atoms. The second kappa shape index (κ2) is 19.5. The SMILES string of the molecule is CC(C)COCC(C)C.CC(O)COC(C)CO.O=C(O)CC(O)C(=O)O. The van der Waals surface area contributed by atoms with Crippen molar-refractivity contribution in [1.29, 1.82) is 0 Å². The molecule has 5 N–H and O–H groups in total. The van der Waals surface area contributed by atoms with Crippen molar-refractivity contribution in [2.75, 3.05) is 26.4 Å². The normalized spacial score (nSPS) is 13.7. The van der Waals surface area contributed by atoms with Gasteiger partial charge in [0.05, 0.1) is 31.8 Å². The highest BCUT2D eigenvalue weighted by Gasteiger charge is 2.16. The Balaban J connectivity index is -0.000000320. The molecule has 9 nitrogen and oxygen atoms in total. The van der Waals surface area contributed by atoms with Gasteiger partial charge in [0.2, 0.25) is 0 Å². The van der Waals surface area contributed by atoms with Crippen molar-refractivity contribution >= 4 is 11.9 Å². The van der Waals surface area contributed by atoms with Gasteiger partial charge in [-0.15, -0.1) is 0 Å². The Hall–Kier alpha value is -1.26. The van der Waals surface area contributed by atoms with Crippen molar-refractivity contribution in [2.24, 2.45) is 11.8 Å². The van der Waals surface area contributed by atoms with E-state index in [0.717, 1.165) is 13.2 Å². The lowest BCUT2D eigenvalue weighted by atomic mass is 10.2. The first-order chi connectivity index (χ1) is 12.3. The molecule has 0 aliphatic carbocycles. The summed E-state index contributed by atoms with van der Waals surface area (Å²) in [6.45, 7) is 14.2. The van der Waals surface area contributed by atoms with E-state index < -0.39 is 30.6 Å². The first-order valence-corrected chi connectivity index (χ1v) is 8.94. The van der Waals surface area contributed by atoms with Crippen LogP contribution in [0.1, 0.15) is 48.0 Å². The van der Waals surface area contributed by atoms with Gasteiger partial charge in [0.15, 0.2) is 6.10 Å². The fraction of sp³-hybridized carbons (Fsp3) is 0.889. The van der Waals surface area contributed by atoms with Crippen LogP contribution in [-0.2, 0) is 19.1 Å². The van der Waals surface area contributed by atoms with Gasteiger partial charge >= 0.3 is 11.9 Å². The first-order valence-electron chi connectivity index (χ1n) is 8.94. The van der Waals surface area contributed by atoms with Crippen LogP contribution in [0.5, 0.6) is 0 Å². The number of rotatable bonds is 11. The lowest BCUT2D eigenvalue weighted by molar-refractivity contribution is -0.152. The average molecular weight is 398 g/mol. The van der Waals surface area contributed by atoms with Gasteiger partial charge in [0.25, 0.3) is 0 Å². The van der Waals surface area contributed by atoms with E-state index in [1.54, 1.807) is 13.8 Å². The average Bonchev–Trinajstić information content (AvgIpc) is 2.52. The second-order valence-electron chi connectivity index (χ2n) is 6.95. The molecule has 0 radical (unpaired) electrons. The minimum Gasteiger partial charge on any atom is -0.481 e. The van der Waals surface area contributed by atoms with E-state index in [1.165, 1.54) is 0 Å². The first kappa shape index (κ1) is 30.5. The van der Waals surface area contributed by atoms with Gasteiger partial charge in [-0.25, -0.2) is 4.79 Å². The Morgan fingerprint density at radius 2 is 1.30 bits per heavy atom. The van der Waals surface area contributed by atoms with E-state index in [1.807, 2.05) is 0 Å². The second-order valence-corrected chi connectivity index (χ2v) is 6.95. The van der Waals surface area contributed by atoms with Crippen LogP contribution in [0.15, 0.2) is 0 Å². The van der Waals surface area contributed by atoms with Crippen LogP contribution in [0.2, 0.25) is 0 Å². The minimum atomic E-state index is -1.79. The molecule has 0 saturated carbocycles. The van der Waals surface area contributed by atoms with Crippen molar-refractivity contribution in [3.05, 3.63) is 0 Å². The third kappa shape index (κ3) is 32.8. The predicted octanol–water partition coefficient (Wildman–Crippen LogP) is 0.986. The molecule has 0 aliphatic rings. The molecule has 9 heteroatoms. The Morgan fingerprint density at radius 3 is 1.52 bits per heavy atom. The molecule has 3 atom stereocenters. The van der Waals surface area contributed by atoms with Gasteiger partial charge in [-0.05, 0) is 25.7 Å². The van der Waals surface area contributed by atoms with Crippen molar-refractivity contribution in [2.45, 2.75) is 66.3 Å². The molecule has 0 amide bonds. The zero-order valence-electron chi connectivity index (χ0n) is 17.3. The van der Waals surface area contributed by atoms with Gasteiger partial charge in [-0.3, -0.25) is 4.79 Å². The lowest BCUT2D eigenvalue weighted by Gasteiger charge is -2.10. The third-order valence-corrected chi connectivity index (χ3v) is 2.43. The molecule has 0 aromatic carbocycles. The summed E-state index contributed by atoms with van der Waals surface area (Å²) < 4.78 is 10.3. The topological polar surface area (TPSA) is 154 Å². The molecule has 3 unspecified atom stereocenters. The summed E-state index contributed by atoms with van der Waals surface area (Å²) in [5, 5.41) is 41.3. The van der Waals surface area contributed by atoms with Gasteiger partial charge in [0.1, 0.15) is 0 Å². The summed E-state index contributed by atoms with van der Waals surface area (Å²) in [4.78, 5) is 19.4. The highest BCUT2D eigenvalue weighted by atomic mass is 16.5. The molecule has 0 bridgehead atoms. The van der Waals surface area contributed by atoms with Crippen LogP contribution in [0.4, 0.5) is 0 Å². The highest BCUT2D eigenvalue weighted by Crippen LogP contribution is 1.96. The summed E-state index contributed by atoms with van der Waals surface area (Å²) in [6, 6.07) is 0. The maximum atomic E-state index is 9.72. The number of carboxylic acids is 2. The Labute approximate surface area is 161 Å². The van der Waals surface area contributed by atoms with E-state index in [2.05, 4.69) is 27.7 Å². The molecule has 0 rings (SSSR count). The summed E-state index contributed by atoms with van der Waals surface area (Å²) in [7, 11) is 0. The number of carbonyl (C=O) groups is 2. The number of carboxylic acid groups (broad SMARTS) is 2. The molecule has 0 aliphatic heterocycles. The lowest BCUT2D eigenvalue weighted by Crippen LogP contribution is -2.22. The minimum absolute atomic E-state index is 0.00667. The van der Waals surface area contributed by atoms with Crippen LogP contribution < -0.4 is 0 Å². The maximum absolute atomic E-state index is 9.72. The molecule has 0 fully saturated rings. The zero-order chi connectivity index (χ0) is 22.0. The number of aliphatic hydroxyl groups excluding tert-OH is 3. The van der Waals surface area contributed by atoms with E-state index in [9.17, 15) is 9.59 Å². The summed E-state index contributed by atoms with van der Waals surface area (Å²) in [5.74, 6) is -1.50. The molecule has 0 saturated heterocycles. The molecule has 27 heavy (non-hydrogen) atoms. The van der Waals surface area contributed by atoms with Gasteiger partial charge < -0.3 is 35.0 Å². The largest absolute Gasteiger partial charge is 0.481 e. The molecule has 0 aromatic rings. The fourth-order valence-corrected chi connectivity index (χ4v) is 1.15. The number of hydrogen-bond donors (Lipinski definition) is 5. The van der Waals surface area contributed by atoms with E-state index >= 15 is 0 Å². The van der Waals surface area contributed by atoms with Crippen LogP contribution >= 0.6 is 0 Å². The Bertz CT molecular complexity index is 349. The van der Waals surface area contributed by atoms with E-state index in [-0.39, 0.29) is 12.7 Å². The molecular formula is C18H38O9. The number of aliphatic carboxylic acids is 2. The number of aliphatic hydroxyl groups is 3. The standard InChI is InChI=1S/C8H18O.C6H14O3.C4H6O5/c1-7(2)5-9-6-8(3)4;1-5(8)4-9-6(2)3-7;5-2(4(8)9)1-3(6)7/h7-8H,5-6H2,1-4H3;5-8H,3-4H2,1-2H3;2,5H,1H2,(H,6,7)(H,8,9). The smallest absolute Gasteiger partial charge is 0.333 e. The van der Waals surface area contributed by atoms with Crippen LogP contribution in [0.25, 0.3) is 0 Å². The predicted molar refractivity (Wildman–Crippen MR) is 101 cm³/mol. The van der Waals surface area contributed by atoms with Crippen LogP contribution in [-0.4, -0.2) is 82.2 Å². The van der Waals surface area contributed by atoms with Crippen LogP contribution in [0, 0.1) is 11.8 Å². The monoisotopic (exact) mass is 398 g/mol. The van der Waals surface area contributed by atoms with Gasteiger partial charge in [-0.1, -0.05) is 27.7 Å². The fourth-order valence-electron chi connectivity index (χ4n) is 1.15. The number of ether oxygens (including phenoxy) is 2. The zero-order valence-corrected chi connectivity index (χ0v) is 17.3. The Morgan fingerprint density at radius 1 is 0.852 bits per heavy atom. The summed E-state index contributed by atoms with van der Waals surface area (Å²) in [6.07, 6.45) is -3.16. The van der Waals surface area contributed by atoms with Gasteiger partial charge in [-0.2, -0.15) is 0 Å². The molecule has 0 aromatic heterocycles. The van der Waals surface area contributed by atoms with Crippen molar-refractivity contribution in [3.8, 4) is 0 Å². The summed E-state index contributed by atoms with van der Waals surface area (Å²) >= 11 is 0. The quantitative estimate of drug-likeness (QED) is 0.343. The van der Waals surface area contributed by atoms with Crippen molar-refractivity contribution in [3.63, 3.8) is 0 Å². The van der Waals surface area contributed by atoms with Gasteiger partial charge in [0, 0.05) is 13.2 Å². The van der Waals surface area contributed by atoms with E-state index in [4.69, 9.17) is 35.0 Å². The van der Waals surface area contributed by atoms with Crippen molar-refractivity contribution < 1.29 is 44.6 Å². The van der Waals surface area contributed by atoms with E-state index in [0.29, 0.717) is 18.4 Å². The highest BCUT2D eigenvalue weighted by molar-refractivity contribution is 5.79. The third-order valence-electron chi connectivity index (χ3n) is 2.43. The Kier molecular flexibility index (Phi) is 22.0. The van der Waals surface area contributed by atoms with Crippen molar-refractivity contribution in [1.82, 2.24) is 0 Å². The molecule has 164 valence electrons. The van der Waals surface area contributed by atoms with Crippen LogP contribution in [0.3, 0.4) is 0 Å². The molecule has 0 heterocycles. The summed E-state index contributed by atoms with van der Waals surface area (Å²) in [5.41, 5.74) is 0. The molecular weight excluding hydrogens is 360 g/mol.